The third-order valence-electron chi connectivity index (χ3n) is 4.51. The van der Waals surface area contributed by atoms with Crippen molar-refractivity contribution < 1.29 is 24.5 Å². The molecule has 0 aliphatic heterocycles. The highest BCUT2D eigenvalue weighted by Crippen LogP contribution is 2.32. The van der Waals surface area contributed by atoms with Crippen LogP contribution in [0.25, 0.3) is 21.5 Å². The molecule has 0 aliphatic rings. The number of aromatic nitrogens is 2. The van der Waals surface area contributed by atoms with Crippen molar-refractivity contribution in [1.82, 2.24) is 9.97 Å². The fourth-order valence-electron chi connectivity index (χ4n) is 3.09. The topological polar surface area (TPSA) is 142 Å². The van der Waals surface area contributed by atoms with Gasteiger partial charge in [-0.1, -0.05) is 46.3 Å². The summed E-state index contributed by atoms with van der Waals surface area (Å²) in [5.41, 5.74) is -0.710. The van der Waals surface area contributed by atoms with Gasteiger partial charge in [0.1, 0.15) is 6.61 Å². The molecule has 4 aromatic rings. The normalized spacial score (nSPS) is 10.8. The maximum absolute atomic E-state index is 12.4. The van der Waals surface area contributed by atoms with Crippen LogP contribution in [-0.4, -0.2) is 32.2 Å². The molecule has 2 aromatic carbocycles. The minimum atomic E-state index is -1.55. The van der Waals surface area contributed by atoms with E-state index in [1.165, 1.54) is 0 Å². The number of ether oxygens (including phenoxy) is 1. The molecule has 0 saturated heterocycles. The van der Waals surface area contributed by atoms with Crippen molar-refractivity contribution in [3.05, 3.63) is 73.9 Å². The average molecular weight is 516 g/mol. The van der Waals surface area contributed by atoms with Gasteiger partial charge in [-0.25, -0.2) is 14.6 Å². The van der Waals surface area contributed by atoms with Crippen LogP contribution in [0.15, 0.2) is 57.1 Å². The molecule has 0 aliphatic carbocycles. The first-order valence-electron chi connectivity index (χ1n) is 9.09. The number of amides is 1. The SMILES string of the molecule is O=C(Nc1ccsc1-c1nc(C(=O)O)c(O)c(=O)[nH]1)OCc1cccc2cccc(Br)c12. The number of hydrogen-bond acceptors (Lipinski definition) is 7. The summed E-state index contributed by atoms with van der Waals surface area (Å²) in [7, 11) is 0. The molecule has 162 valence electrons. The first kappa shape index (κ1) is 21.5. The average Bonchev–Trinajstić information content (AvgIpc) is 3.22. The molecule has 2 aromatic heterocycles. The lowest BCUT2D eigenvalue weighted by molar-refractivity contribution is 0.0686. The molecule has 0 bridgehead atoms. The minimum Gasteiger partial charge on any atom is -0.501 e. The van der Waals surface area contributed by atoms with Gasteiger partial charge in [-0.2, -0.15) is 0 Å². The van der Waals surface area contributed by atoms with Crippen LogP contribution in [0.1, 0.15) is 16.1 Å². The summed E-state index contributed by atoms with van der Waals surface area (Å²) < 4.78 is 6.25. The Hall–Kier alpha value is -3.70. The number of anilines is 1. The van der Waals surface area contributed by atoms with Crippen LogP contribution in [0.5, 0.6) is 5.75 Å². The monoisotopic (exact) mass is 515 g/mol. The molecular formula is C21H14BrN3O6S. The zero-order valence-corrected chi connectivity index (χ0v) is 18.5. The van der Waals surface area contributed by atoms with Crippen LogP contribution in [0.4, 0.5) is 10.5 Å². The van der Waals surface area contributed by atoms with Crippen molar-refractivity contribution in [3.63, 3.8) is 0 Å². The van der Waals surface area contributed by atoms with E-state index in [1.54, 1.807) is 11.4 Å². The number of aromatic carboxylic acids is 1. The van der Waals surface area contributed by atoms with Gasteiger partial charge >= 0.3 is 12.1 Å². The van der Waals surface area contributed by atoms with Crippen LogP contribution in [-0.2, 0) is 11.3 Å². The molecule has 2 heterocycles. The summed E-state index contributed by atoms with van der Waals surface area (Å²) in [6.07, 6.45) is -0.742. The summed E-state index contributed by atoms with van der Waals surface area (Å²) in [5.74, 6) is -2.65. The number of carboxylic acids is 1. The van der Waals surface area contributed by atoms with Gasteiger partial charge < -0.3 is 19.9 Å². The summed E-state index contributed by atoms with van der Waals surface area (Å²) in [5, 5.41) is 24.9. The van der Waals surface area contributed by atoms with E-state index in [9.17, 15) is 19.5 Å². The molecular weight excluding hydrogens is 502 g/mol. The lowest BCUT2D eigenvalue weighted by atomic mass is 10.1. The molecule has 4 N–H and O–H groups in total. The van der Waals surface area contributed by atoms with E-state index >= 15 is 0 Å². The molecule has 0 spiro atoms. The number of benzene rings is 2. The Bertz CT molecular complexity index is 1410. The first-order valence-corrected chi connectivity index (χ1v) is 10.8. The zero-order valence-electron chi connectivity index (χ0n) is 16.1. The van der Waals surface area contributed by atoms with Crippen LogP contribution in [0.3, 0.4) is 0 Å². The van der Waals surface area contributed by atoms with E-state index in [-0.39, 0.29) is 18.1 Å². The van der Waals surface area contributed by atoms with Gasteiger partial charge in [0.25, 0.3) is 5.56 Å². The van der Waals surface area contributed by atoms with E-state index in [2.05, 4.69) is 31.2 Å². The standard InChI is InChI=1S/C21H14BrN3O6S/c22-12-6-2-4-10-3-1-5-11(14(10)12)9-31-21(30)23-13-7-8-32-17(13)18-24-15(20(28)29)16(26)19(27)25-18/h1-8,26H,9H2,(H,23,30)(H,28,29)(H,24,25,27). The van der Waals surface area contributed by atoms with Crippen LogP contribution in [0, 0.1) is 0 Å². The fraction of sp³-hybridized carbons (Fsp3) is 0.0476. The van der Waals surface area contributed by atoms with Gasteiger partial charge in [0.2, 0.25) is 5.75 Å². The number of aromatic amines is 1. The number of H-pyrrole nitrogens is 1. The number of halogens is 1. The Morgan fingerprint density at radius 3 is 2.69 bits per heavy atom. The molecule has 9 nitrogen and oxygen atoms in total. The van der Waals surface area contributed by atoms with E-state index in [0.717, 1.165) is 32.1 Å². The Morgan fingerprint density at radius 1 is 1.19 bits per heavy atom. The number of aromatic hydroxyl groups is 1. The van der Waals surface area contributed by atoms with Gasteiger partial charge in [-0.05, 0) is 28.5 Å². The summed E-state index contributed by atoms with van der Waals surface area (Å²) in [4.78, 5) is 41.9. The number of fused-ring (bicyclic) bond motifs is 1. The molecule has 32 heavy (non-hydrogen) atoms. The molecule has 1 amide bonds. The van der Waals surface area contributed by atoms with Gasteiger partial charge in [0.05, 0.1) is 10.6 Å². The third kappa shape index (κ3) is 4.20. The highest BCUT2D eigenvalue weighted by molar-refractivity contribution is 9.10. The van der Waals surface area contributed by atoms with E-state index < -0.39 is 29.1 Å². The van der Waals surface area contributed by atoms with Crippen molar-refractivity contribution in [2.24, 2.45) is 0 Å². The van der Waals surface area contributed by atoms with Crippen LogP contribution >= 0.6 is 27.3 Å². The highest BCUT2D eigenvalue weighted by Gasteiger charge is 2.20. The van der Waals surface area contributed by atoms with Gasteiger partial charge in [-0.15, -0.1) is 11.3 Å². The van der Waals surface area contributed by atoms with Crippen LogP contribution in [0.2, 0.25) is 0 Å². The Kier molecular flexibility index (Phi) is 5.93. The number of carboxylic acid groups (broad SMARTS) is 1. The van der Waals surface area contributed by atoms with Crippen molar-refractivity contribution in [2.75, 3.05) is 5.32 Å². The van der Waals surface area contributed by atoms with Gasteiger partial charge in [0, 0.05) is 9.86 Å². The maximum Gasteiger partial charge on any atom is 0.412 e. The minimum absolute atomic E-state index is 0.0166. The molecule has 0 saturated carbocycles. The second-order valence-electron chi connectivity index (χ2n) is 6.54. The Morgan fingerprint density at radius 2 is 1.94 bits per heavy atom. The molecule has 0 fully saturated rings. The van der Waals surface area contributed by atoms with Gasteiger partial charge in [0.15, 0.2) is 11.5 Å². The number of nitrogens with zero attached hydrogens (tertiary/aromatic N) is 1. The van der Waals surface area contributed by atoms with Crippen molar-refractivity contribution in [2.45, 2.75) is 6.61 Å². The summed E-state index contributed by atoms with van der Waals surface area (Å²) in [6, 6.07) is 13.0. The smallest absolute Gasteiger partial charge is 0.412 e. The van der Waals surface area contributed by atoms with Crippen LogP contribution < -0.4 is 10.9 Å². The summed E-state index contributed by atoms with van der Waals surface area (Å²) >= 11 is 4.63. The first-order chi connectivity index (χ1) is 15.3. The number of nitrogens with one attached hydrogen (secondary N) is 2. The van der Waals surface area contributed by atoms with Crippen molar-refractivity contribution in [1.29, 1.82) is 0 Å². The van der Waals surface area contributed by atoms with Crippen molar-refractivity contribution in [3.8, 4) is 16.5 Å². The Labute approximate surface area is 192 Å². The Balaban J connectivity index is 1.54. The number of carbonyl (C=O) groups is 2. The lowest BCUT2D eigenvalue weighted by Crippen LogP contribution is -2.16. The summed E-state index contributed by atoms with van der Waals surface area (Å²) in [6.45, 7) is 0.0166. The number of rotatable bonds is 5. The quantitative estimate of drug-likeness (QED) is 0.305. The highest BCUT2D eigenvalue weighted by atomic mass is 79.9. The zero-order chi connectivity index (χ0) is 22.8. The number of carbonyl (C=O) groups excluding carboxylic acids is 1. The molecule has 11 heteroatoms. The van der Waals surface area contributed by atoms with E-state index in [4.69, 9.17) is 9.84 Å². The molecule has 0 radical (unpaired) electrons. The van der Waals surface area contributed by atoms with Crippen molar-refractivity contribution >= 4 is 55.8 Å². The second-order valence-corrected chi connectivity index (χ2v) is 8.31. The molecule has 0 atom stereocenters. The maximum atomic E-state index is 12.4. The fourth-order valence-corrected chi connectivity index (χ4v) is 4.52. The van der Waals surface area contributed by atoms with E-state index in [1.807, 2.05) is 36.4 Å². The predicted octanol–water partition coefficient (Wildman–Crippen LogP) is 4.57. The van der Waals surface area contributed by atoms with Gasteiger partial charge in [-0.3, -0.25) is 10.1 Å². The molecule has 4 rings (SSSR count). The lowest BCUT2D eigenvalue weighted by Gasteiger charge is -2.11. The number of hydrogen-bond donors (Lipinski definition) is 4. The third-order valence-corrected chi connectivity index (χ3v) is 6.10. The van der Waals surface area contributed by atoms with E-state index in [0.29, 0.717) is 4.88 Å². The second kappa shape index (κ2) is 8.81. The predicted molar refractivity (Wildman–Crippen MR) is 122 cm³/mol. The number of thiophene rings is 1. The largest absolute Gasteiger partial charge is 0.501 e. The molecule has 0 unspecified atom stereocenters.